The van der Waals surface area contributed by atoms with Crippen LogP contribution in [0, 0.1) is 5.41 Å². The lowest BCUT2D eigenvalue weighted by Gasteiger charge is -2.35. The third-order valence-corrected chi connectivity index (χ3v) is 3.29. The summed E-state index contributed by atoms with van der Waals surface area (Å²) in [5.74, 6) is -0.780. The predicted molar refractivity (Wildman–Crippen MR) is 64.6 cm³/mol. The van der Waals surface area contributed by atoms with Crippen molar-refractivity contribution in [3.8, 4) is 0 Å². The van der Waals surface area contributed by atoms with Gasteiger partial charge in [0.05, 0.1) is 12.0 Å². The van der Waals surface area contributed by atoms with Crippen molar-refractivity contribution in [1.82, 2.24) is 10.2 Å². The lowest BCUT2D eigenvalue weighted by atomic mass is 9.80. The number of nitrogens with zero attached hydrogens (tertiary/aromatic N) is 1. The fourth-order valence-corrected chi connectivity index (χ4v) is 1.86. The molecular formula is C12H20N2O3. The second-order valence-electron chi connectivity index (χ2n) is 4.73. The van der Waals surface area contributed by atoms with Gasteiger partial charge in [0.25, 0.3) is 0 Å². The number of amides is 1. The monoisotopic (exact) mass is 240 g/mol. The van der Waals surface area contributed by atoms with Gasteiger partial charge >= 0.3 is 5.97 Å². The highest BCUT2D eigenvalue weighted by Gasteiger charge is 2.36. The molecule has 2 N–H and O–H groups in total. The van der Waals surface area contributed by atoms with Crippen molar-refractivity contribution in [3.05, 3.63) is 12.7 Å². The van der Waals surface area contributed by atoms with Gasteiger partial charge in [-0.25, -0.2) is 0 Å². The quantitative estimate of drug-likeness (QED) is 0.686. The highest BCUT2D eigenvalue weighted by Crippen LogP contribution is 2.30. The summed E-state index contributed by atoms with van der Waals surface area (Å²) in [6, 6.07) is 0. The Morgan fingerprint density at radius 2 is 2.06 bits per heavy atom. The predicted octanol–water partition coefficient (Wildman–Crippen LogP) is 0.475. The van der Waals surface area contributed by atoms with Gasteiger partial charge in [0, 0.05) is 6.54 Å². The van der Waals surface area contributed by atoms with Crippen LogP contribution in [0.5, 0.6) is 0 Å². The molecular weight excluding hydrogens is 220 g/mol. The zero-order chi connectivity index (χ0) is 12.9. The van der Waals surface area contributed by atoms with Crippen LogP contribution in [0.25, 0.3) is 0 Å². The molecule has 0 atom stereocenters. The first kappa shape index (κ1) is 13.7. The Morgan fingerprint density at radius 1 is 1.47 bits per heavy atom. The molecule has 1 fully saturated rings. The summed E-state index contributed by atoms with van der Waals surface area (Å²) in [5.41, 5.74) is -0.631. The third kappa shape index (κ3) is 3.85. The van der Waals surface area contributed by atoms with Gasteiger partial charge in [0.15, 0.2) is 0 Å². The van der Waals surface area contributed by atoms with Crippen molar-refractivity contribution in [2.24, 2.45) is 5.41 Å². The molecule has 0 aromatic heterocycles. The molecule has 1 rings (SSSR count). The van der Waals surface area contributed by atoms with Gasteiger partial charge < -0.3 is 10.4 Å². The summed E-state index contributed by atoms with van der Waals surface area (Å²) in [4.78, 5) is 24.5. The van der Waals surface area contributed by atoms with Crippen molar-refractivity contribution in [2.75, 3.05) is 26.2 Å². The van der Waals surface area contributed by atoms with Crippen LogP contribution in [0.2, 0.25) is 0 Å². The number of carbonyl (C=O) groups excluding carboxylic acids is 1. The van der Waals surface area contributed by atoms with Crippen LogP contribution in [-0.2, 0) is 9.59 Å². The first-order valence-electron chi connectivity index (χ1n) is 5.81. The van der Waals surface area contributed by atoms with E-state index in [1.54, 1.807) is 13.0 Å². The molecule has 1 aliphatic rings. The number of likely N-dealkylation sites (tertiary alicyclic amines) is 1. The molecule has 5 nitrogen and oxygen atoms in total. The Labute approximate surface area is 101 Å². The lowest BCUT2D eigenvalue weighted by Crippen LogP contribution is -2.46. The van der Waals surface area contributed by atoms with E-state index in [4.69, 9.17) is 5.11 Å². The summed E-state index contributed by atoms with van der Waals surface area (Å²) in [7, 11) is 0. The maximum absolute atomic E-state index is 11.4. The van der Waals surface area contributed by atoms with Crippen molar-refractivity contribution in [3.63, 3.8) is 0 Å². The van der Waals surface area contributed by atoms with Crippen LogP contribution in [-0.4, -0.2) is 48.1 Å². The minimum atomic E-state index is -0.742. The Kier molecular flexibility index (Phi) is 4.69. The van der Waals surface area contributed by atoms with Crippen molar-refractivity contribution < 1.29 is 14.7 Å². The molecule has 96 valence electrons. The summed E-state index contributed by atoms with van der Waals surface area (Å²) in [5, 5.41) is 11.8. The fourth-order valence-electron chi connectivity index (χ4n) is 1.86. The second kappa shape index (κ2) is 5.82. The Hall–Kier alpha value is -1.36. The molecule has 5 heteroatoms. The lowest BCUT2D eigenvalue weighted by molar-refractivity contribution is -0.150. The maximum Gasteiger partial charge on any atom is 0.309 e. The molecule has 1 aliphatic heterocycles. The van der Waals surface area contributed by atoms with E-state index in [1.165, 1.54) is 0 Å². The molecule has 0 spiro atoms. The van der Waals surface area contributed by atoms with E-state index in [1.807, 2.05) is 4.90 Å². The van der Waals surface area contributed by atoms with E-state index in [0.717, 1.165) is 0 Å². The Balaban J connectivity index is 2.34. The Bertz CT molecular complexity index is 307. The summed E-state index contributed by atoms with van der Waals surface area (Å²) in [6.45, 7) is 7.42. The minimum absolute atomic E-state index is 0.0381. The standard InChI is InChI=1S/C12H20N2O3/c1-3-6-13-10(15)9-14-7-4-12(2,5-8-14)11(16)17/h3H,1,4-9H2,2H3,(H,13,15)(H,16,17). The van der Waals surface area contributed by atoms with Crippen LogP contribution in [0.4, 0.5) is 0 Å². The van der Waals surface area contributed by atoms with Gasteiger partial charge in [0.1, 0.15) is 0 Å². The Morgan fingerprint density at radius 3 is 2.53 bits per heavy atom. The number of piperidine rings is 1. The van der Waals surface area contributed by atoms with Gasteiger partial charge in [-0.15, -0.1) is 6.58 Å². The fraction of sp³-hybridized carbons (Fsp3) is 0.667. The number of carboxylic acid groups (broad SMARTS) is 1. The van der Waals surface area contributed by atoms with Crippen LogP contribution in [0.15, 0.2) is 12.7 Å². The first-order chi connectivity index (χ1) is 7.98. The number of aliphatic carboxylic acids is 1. The van der Waals surface area contributed by atoms with E-state index in [-0.39, 0.29) is 5.91 Å². The van der Waals surface area contributed by atoms with E-state index < -0.39 is 11.4 Å². The number of carbonyl (C=O) groups is 2. The van der Waals surface area contributed by atoms with E-state index in [9.17, 15) is 9.59 Å². The number of rotatable bonds is 5. The van der Waals surface area contributed by atoms with Gasteiger partial charge in [-0.3, -0.25) is 14.5 Å². The van der Waals surface area contributed by atoms with Crippen molar-refractivity contribution >= 4 is 11.9 Å². The number of hydrogen-bond donors (Lipinski definition) is 2. The zero-order valence-corrected chi connectivity index (χ0v) is 10.2. The number of nitrogens with one attached hydrogen (secondary N) is 1. The normalized spacial score (nSPS) is 19.6. The molecule has 0 saturated carbocycles. The number of carboxylic acids is 1. The summed E-state index contributed by atoms with van der Waals surface area (Å²) >= 11 is 0. The van der Waals surface area contributed by atoms with Gasteiger partial charge in [-0.2, -0.15) is 0 Å². The molecule has 0 radical (unpaired) electrons. The van der Waals surface area contributed by atoms with Gasteiger partial charge in [-0.05, 0) is 32.9 Å². The third-order valence-electron chi connectivity index (χ3n) is 3.29. The van der Waals surface area contributed by atoms with Gasteiger partial charge in [-0.1, -0.05) is 6.08 Å². The van der Waals surface area contributed by atoms with Gasteiger partial charge in [0.2, 0.25) is 5.91 Å². The average Bonchev–Trinajstić information content (AvgIpc) is 2.29. The zero-order valence-electron chi connectivity index (χ0n) is 10.2. The largest absolute Gasteiger partial charge is 0.481 e. The molecule has 1 amide bonds. The molecule has 0 unspecified atom stereocenters. The highest BCUT2D eigenvalue weighted by molar-refractivity contribution is 5.78. The molecule has 1 saturated heterocycles. The first-order valence-corrected chi connectivity index (χ1v) is 5.81. The highest BCUT2D eigenvalue weighted by atomic mass is 16.4. The van der Waals surface area contributed by atoms with Crippen molar-refractivity contribution in [1.29, 1.82) is 0 Å². The molecule has 0 bridgehead atoms. The van der Waals surface area contributed by atoms with E-state index >= 15 is 0 Å². The van der Waals surface area contributed by atoms with Crippen LogP contribution in [0.3, 0.4) is 0 Å². The molecule has 17 heavy (non-hydrogen) atoms. The molecule has 1 heterocycles. The molecule has 0 aromatic carbocycles. The maximum atomic E-state index is 11.4. The second-order valence-corrected chi connectivity index (χ2v) is 4.73. The van der Waals surface area contributed by atoms with E-state index in [2.05, 4.69) is 11.9 Å². The average molecular weight is 240 g/mol. The number of hydrogen-bond acceptors (Lipinski definition) is 3. The van der Waals surface area contributed by atoms with Crippen LogP contribution in [0.1, 0.15) is 19.8 Å². The molecule has 0 aromatic rings. The van der Waals surface area contributed by atoms with E-state index in [0.29, 0.717) is 39.0 Å². The van der Waals surface area contributed by atoms with Crippen LogP contribution >= 0.6 is 0 Å². The SMILES string of the molecule is C=CCNC(=O)CN1CCC(C)(C(=O)O)CC1. The molecule has 0 aliphatic carbocycles. The smallest absolute Gasteiger partial charge is 0.309 e. The summed E-state index contributed by atoms with van der Waals surface area (Å²) < 4.78 is 0. The van der Waals surface area contributed by atoms with Crippen LogP contribution < -0.4 is 5.32 Å². The minimum Gasteiger partial charge on any atom is -0.481 e. The topological polar surface area (TPSA) is 69.6 Å². The van der Waals surface area contributed by atoms with Crippen molar-refractivity contribution in [2.45, 2.75) is 19.8 Å². The summed E-state index contributed by atoms with van der Waals surface area (Å²) in [6.07, 6.45) is 2.82.